The summed E-state index contributed by atoms with van der Waals surface area (Å²) in [5, 5.41) is 5.28. The number of benzene rings is 2. The average molecular weight is 478 g/mol. The van der Waals surface area contributed by atoms with E-state index in [-0.39, 0.29) is 22.9 Å². The predicted octanol–water partition coefficient (Wildman–Crippen LogP) is 4.12. The summed E-state index contributed by atoms with van der Waals surface area (Å²) in [6.45, 7) is 6.23. The van der Waals surface area contributed by atoms with Gasteiger partial charge in [-0.3, -0.25) is 14.4 Å². The number of hydrogen-bond donors (Lipinski definition) is 2. The number of carbonyl (C=O) groups is 4. The topological polar surface area (TPSA) is 118 Å². The molecule has 0 atom stereocenters. The van der Waals surface area contributed by atoms with Crippen molar-refractivity contribution in [1.29, 1.82) is 0 Å². The van der Waals surface area contributed by atoms with Crippen LogP contribution in [0, 0.1) is 6.92 Å². The highest BCUT2D eigenvalue weighted by Gasteiger charge is 2.19. The van der Waals surface area contributed by atoms with Crippen molar-refractivity contribution in [3.8, 4) is 0 Å². The first-order chi connectivity index (χ1) is 16.8. The molecule has 3 amide bonds. The smallest absolute Gasteiger partial charge is 0.340 e. The lowest BCUT2D eigenvalue weighted by atomic mass is 10.1. The fourth-order valence-corrected chi connectivity index (χ4v) is 3.38. The third kappa shape index (κ3) is 6.35. The summed E-state index contributed by atoms with van der Waals surface area (Å²) in [5.41, 5.74) is 2.00. The van der Waals surface area contributed by atoms with E-state index in [1.54, 1.807) is 54.3 Å². The Kier molecular flexibility index (Phi) is 8.39. The lowest BCUT2D eigenvalue weighted by molar-refractivity contribution is -0.119. The zero-order valence-corrected chi connectivity index (χ0v) is 19.8. The number of nitrogens with zero attached hydrogens (tertiary/aromatic N) is 1. The number of amides is 3. The van der Waals surface area contributed by atoms with Crippen LogP contribution < -0.4 is 10.6 Å². The number of rotatable bonds is 9. The molecule has 182 valence electrons. The number of hydrogen-bond acceptors (Lipinski definition) is 6. The van der Waals surface area contributed by atoms with Gasteiger partial charge in [0.05, 0.1) is 17.5 Å². The van der Waals surface area contributed by atoms with Gasteiger partial charge in [0, 0.05) is 24.3 Å². The average Bonchev–Trinajstić information content (AvgIpc) is 3.40. The van der Waals surface area contributed by atoms with E-state index in [9.17, 15) is 19.2 Å². The van der Waals surface area contributed by atoms with E-state index >= 15 is 0 Å². The van der Waals surface area contributed by atoms with Crippen LogP contribution in [0.3, 0.4) is 0 Å². The van der Waals surface area contributed by atoms with Crippen molar-refractivity contribution >= 4 is 35.1 Å². The second kappa shape index (κ2) is 11.6. The molecule has 0 aliphatic rings. The van der Waals surface area contributed by atoms with Crippen molar-refractivity contribution in [2.24, 2.45) is 0 Å². The lowest BCUT2D eigenvalue weighted by Gasteiger charge is -2.18. The number of aryl methyl sites for hydroxylation is 1. The molecular weight excluding hydrogens is 450 g/mol. The van der Waals surface area contributed by atoms with E-state index in [1.807, 2.05) is 13.8 Å². The zero-order valence-electron chi connectivity index (χ0n) is 19.8. The molecule has 9 heteroatoms. The minimum absolute atomic E-state index is 0.0881. The Balaban J connectivity index is 1.60. The highest BCUT2D eigenvalue weighted by Crippen LogP contribution is 2.22. The molecule has 2 N–H and O–H groups in total. The number of ether oxygens (including phenoxy) is 1. The largest absolute Gasteiger partial charge is 0.459 e. The Labute approximate surface area is 203 Å². The Morgan fingerprint density at radius 1 is 0.914 bits per heavy atom. The van der Waals surface area contributed by atoms with E-state index in [0.29, 0.717) is 29.9 Å². The maximum Gasteiger partial charge on any atom is 0.340 e. The van der Waals surface area contributed by atoms with E-state index < -0.39 is 24.4 Å². The second-order valence-electron chi connectivity index (χ2n) is 7.61. The first kappa shape index (κ1) is 25.2. The zero-order chi connectivity index (χ0) is 25.4. The molecule has 35 heavy (non-hydrogen) atoms. The molecule has 0 radical (unpaired) electrons. The van der Waals surface area contributed by atoms with Gasteiger partial charge in [0.1, 0.15) is 0 Å². The predicted molar refractivity (Wildman–Crippen MR) is 130 cm³/mol. The van der Waals surface area contributed by atoms with Crippen molar-refractivity contribution in [3.63, 3.8) is 0 Å². The van der Waals surface area contributed by atoms with Crippen LogP contribution in [0.15, 0.2) is 65.3 Å². The second-order valence-corrected chi connectivity index (χ2v) is 7.61. The van der Waals surface area contributed by atoms with Crippen LogP contribution in [0.25, 0.3) is 0 Å². The van der Waals surface area contributed by atoms with Crippen LogP contribution in [0.2, 0.25) is 0 Å². The highest BCUT2D eigenvalue weighted by atomic mass is 16.5. The SMILES string of the molecule is CCN(CC)C(=O)c1ccc(NC(=O)COC(=O)c2cccc(C)c2NC(=O)c2ccco2)cc1. The standard InChI is InChI=1S/C26H27N3O6/c1-4-29(5-2)25(32)18-11-13-19(14-12-18)27-22(30)16-35-26(33)20-9-6-8-17(3)23(20)28-24(31)21-10-7-15-34-21/h6-15H,4-5,16H2,1-3H3,(H,27,30)(H,28,31). The number of esters is 1. The van der Waals surface area contributed by atoms with Gasteiger partial charge in [0.2, 0.25) is 0 Å². The summed E-state index contributed by atoms with van der Waals surface area (Å²) in [5.74, 6) is -1.82. The minimum atomic E-state index is -0.765. The summed E-state index contributed by atoms with van der Waals surface area (Å²) >= 11 is 0. The Morgan fingerprint density at radius 2 is 1.63 bits per heavy atom. The van der Waals surface area contributed by atoms with Gasteiger partial charge in [-0.1, -0.05) is 12.1 Å². The van der Waals surface area contributed by atoms with E-state index in [0.717, 1.165) is 0 Å². The normalized spacial score (nSPS) is 10.4. The van der Waals surface area contributed by atoms with Crippen molar-refractivity contribution in [2.45, 2.75) is 20.8 Å². The van der Waals surface area contributed by atoms with Crippen LogP contribution in [-0.2, 0) is 9.53 Å². The maximum absolute atomic E-state index is 12.7. The number of nitrogens with one attached hydrogen (secondary N) is 2. The molecule has 9 nitrogen and oxygen atoms in total. The van der Waals surface area contributed by atoms with Crippen LogP contribution in [0.1, 0.15) is 50.7 Å². The molecule has 3 aromatic rings. The van der Waals surface area contributed by atoms with Gasteiger partial charge in [-0.25, -0.2) is 4.79 Å². The number of anilines is 2. The summed E-state index contributed by atoms with van der Waals surface area (Å²) in [4.78, 5) is 51.4. The van der Waals surface area contributed by atoms with Crippen LogP contribution in [0.5, 0.6) is 0 Å². The first-order valence-corrected chi connectivity index (χ1v) is 11.1. The van der Waals surface area contributed by atoms with Gasteiger partial charge in [-0.05, 0) is 68.8 Å². The van der Waals surface area contributed by atoms with Crippen molar-refractivity contribution < 1.29 is 28.3 Å². The molecule has 1 heterocycles. The van der Waals surface area contributed by atoms with Gasteiger partial charge >= 0.3 is 5.97 Å². The van der Waals surface area contributed by atoms with Crippen molar-refractivity contribution in [3.05, 3.63) is 83.3 Å². The quantitative estimate of drug-likeness (QED) is 0.448. The Bertz CT molecular complexity index is 1200. The molecule has 0 spiro atoms. The van der Waals surface area contributed by atoms with Crippen molar-refractivity contribution in [1.82, 2.24) is 4.90 Å². The highest BCUT2D eigenvalue weighted by molar-refractivity contribution is 6.07. The van der Waals surface area contributed by atoms with Gasteiger partial charge in [0.15, 0.2) is 12.4 Å². The molecule has 0 aliphatic carbocycles. The maximum atomic E-state index is 12.7. The minimum Gasteiger partial charge on any atom is -0.459 e. The summed E-state index contributed by atoms with van der Waals surface area (Å²) in [6, 6.07) is 14.4. The molecule has 2 aromatic carbocycles. The molecule has 0 saturated heterocycles. The van der Waals surface area contributed by atoms with E-state index in [4.69, 9.17) is 9.15 Å². The monoisotopic (exact) mass is 477 g/mol. The van der Waals surface area contributed by atoms with E-state index in [1.165, 1.54) is 18.4 Å². The molecule has 3 rings (SSSR count). The summed E-state index contributed by atoms with van der Waals surface area (Å²) in [7, 11) is 0. The third-order valence-corrected chi connectivity index (χ3v) is 5.28. The van der Waals surface area contributed by atoms with Gasteiger partial charge in [-0.15, -0.1) is 0 Å². The molecule has 0 saturated carbocycles. The lowest BCUT2D eigenvalue weighted by Crippen LogP contribution is -2.30. The van der Waals surface area contributed by atoms with Crippen LogP contribution >= 0.6 is 0 Å². The van der Waals surface area contributed by atoms with Crippen molar-refractivity contribution in [2.75, 3.05) is 30.3 Å². The fourth-order valence-electron chi connectivity index (χ4n) is 3.38. The Morgan fingerprint density at radius 3 is 2.26 bits per heavy atom. The van der Waals surface area contributed by atoms with Gasteiger partial charge in [0.25, 0.3) is 17.7 Å². The third-order valence-electron chi connectivity index (χ3n) is 5.28. The number of furan rings is 1. The van der Waals surface area contributed by atoms with Crippen LogP contribution in [-0.4, -0.2) is 48.3 Å². The van der Waals surface area contributed by atoms with Gasteiger partial charge in [-0.2, -0.15) is 0 Å². The molecular formula is C26H27N3O6. The molecule has 1 aromatic heterocycles. The summed E-state index contributed by atoms with van der Waals surface area (Å²) < 4.78 is 10.3. The molecule has 0 bridgehead atoms. The Hall–Kier alpha value is -4.40. The molecule has 0 unspecified atom stereocenters. The fraction of sp³-hybridized carbons (Fsp3) is 0.231. The summed E-state index contributed by atoms with van der Waals surface area (Å²) in [6.07, 6.45) is 1.37. The molecule has 0 fully saturated rings. The number of para-hydroxylation sites is 1. The van der Waals surface area contributed by atoms with Gasteiger partial charge < -0.3 is 24.7 Å². The van der Waals surface area contributed by atoms with Crippen LogP contribution in [0.4, 0.5) is 11.4 Å². The first-order valence-electron chi connectivity index (χ1n) is 11.1. The number of carbonyl (C=O) groups excluding carboxylic acids is 4. The van der Waals surface area contributed by atoms with E-state index in [2.05, 4.69) is 10.6 Å². The molecule has 0 aliphatic heterocycles.